The lowest BCUT2D eigenvalue weighted by atomic mass is 9.96. The van der Waals surface area contributed by atoms with Crippen LogP contribution < -0.4 is 4.90 Å². The summed E-state index contributed by atoms with van der Waals surface area (Å²) in [5.74, 6) is 0.0234. The molecule has 2 rings (SSSR count). The molecular weight excluding hydrogens is 214 g/mol. The predicted molar refractivity (Wildman–Crippen MR) is 68.1 cm³/mol. The van der Waals surface area contributed by atoms with Crippen LogP contribution in [-0.4, -0.2) is 26.2 Å². The first-order chi connectivity index (χ1) is 8.20. The summed E-state index contributed by atoms with van der Waals surface area (Å²) in [5.41, 5.74) is 2.53. The molecule has 1 saturated heterocycles. The molecule has 1 aliphatic rings. The Bertz CT molecular complexity index is 378. The van der Waals surface area contributed by atoms with E-state index in [9.17, 15) is 4.79 Å². The highest BCUT2D eigenvalue weighted by atomic mass is 16.5. The van der Waals surface area contributed by atoms with E-state index < -0.39 is 0 Å². The van der Waals surface area contributed by atoms with Gasteiger partial charge in [-0.3, -0.25) is 4.79 Å². The fourth-order valence-corrected chi connectivity index (χ4v) is 2.30. The third-order valence-corrected chi connectivity index (χ3v) is 3.43. The van der Waals surface area contributed by atoms with Gasteiger partial charge in [-0.25, -0.2) is 0 Å². The molecular formula is C14H19NO2. The molecule has 0 aliphatic carbocycles. The number of hydrogen-bond acceptors (Lipinski definition) is 3. The molecule has 1 aromatic rings. The van der Waals surface area contributed by atoms with Crippen LogP contribution in [0.3, 0.4) is 0 Å². The van der Waals surface area contributed by atoms with Gasteiger partial charge in [-0.15, -0.1) is 0 Å². The van der Waals surface area contributed by atoms with Crippen LogP contribution in [0.25, 0.3) is 0 Å². The summed E-state index contributed by atoms with van der Waals surface area (Å²) in [5, 5.41) is 0. The highest BCUT2D eigenvalue weighted by Gasteiger charge is 2.25. The quantitative estimate of drug-likeness (QED) is 0.734. The molecule has 0 radical (unpaired) electrons. The van der Waals surface area contributed by atoms with E-state index in [4.69, 9.17) is 4.74 Å². The molecule has 0 aromatic heterocycles. The lowest BCUT2D eigenvalue weighted by molar-refractivity contribution is -0.146. The molecule has 17 heavy (non-hydrogen) atoms. The van der Waals surface area contributed by atoms with E-state index in [0.717, 1.165) is 25.9 Å². The molecule has 1 aliphatic heterocycles. The zero-order chi connectivity index (χ0) is 12.3. The largest absolute Gasteiger partial charge is 0.469 e. The van der Waals surface area contributed by atoms with Gasteiger partial charge in [0.15, 0.2) is 0 Å². The monoisotopic (exact) mass is 233 g/mol. The molecule has 1 aromatic carbocycles. The van der Waals surface area contributed by atoms with E-state index in [0.29, 0.717) is 0 Å². The van der Waals surface area contributed by atoms with Gasteiger partial charge in [0.25, 0.3) is 0 Å². The Morgan fingerprint density at radius 1 is 1.24 bits per heavy atom. The minimum absolute atomic E-state index is 0.0615. The van der Waals surface area contributed by atoms with Crippen LogP contribution in [0.1, 0.15) is 18.4 Å². The maximum absolute atomic E-state index is 11.4. The number of carbonyl (C=O) groups excluding carboxylic acids is 1. The summed E-state index contributed by atoms with van der Waals surface area (Å²) in [6.45, 7) is 3.96. The molecule has 0 unspecified atom stereocenters. The first kappa shape index (κ1) is 12.0. The predicted octanol–water partition coefficient (Wildman–Crippen LogP) is 2.38. The minimum Gasteiger partial charge on any atom is -0.469 e. The fourth-order valence-electron chi connectivity index (χ4n) is 2.30. The first-order valence-electron chi connectivity index (χ1n) is 6.10. The van der Waals surface area contributed by atoms with Crippen molar-refractivity contribution >= 4 is 11.7 Å². The van der Waals surface area contributed by atoms with Gasteiger partial charge in [0, 0.05) is 18.8 Å². The fraction of sp³-hybridized carbons (Fsp3) is 0.500. The second-order valence-electron chi connectivity index (χ2n) is 4.62. The maximum Gasteiger partial charge on any atom is 0.308 e. The zero-order valence-electron chi connectivity index (χ0n) is 10.5. The van der Waals surface area contributed by atoms with Crippen LogP contribution in [0.2, 0.25) is 0 Å². The Labute approximate surface area is 102 Å². The number of carbonyl (C=O) groups is 1. The molecule has 0 atom stereocenters. The summed E-state index contributed by atoms with van der Waals surface area (Å²) in [6, 6.07) is 8.55. The van der Waals surface area contributed by atoms with Crippen LogP contribution in [0, 0.1) is 12.8 Å². The second kappa shape index (κ2) is 5.21. The molecule has 0 bridgehead atoms. The van der Waals surface area contributed by atoms with Crippen molar-refractivity contribution in [3.8, 4) is 0 Å². The summed E-state index contributed by atoms with van der Waals surface area (Å²) in [4.78, 5) is 13.7. The van der Waals surface area contributed by atoms with Gasteiger partial charge < -0.3 is 9.64 Å². The van der Waals surface area contributed by atoms with Gasteiger partial charge in [0.2, 0.25) is 0 Å². The summed E-state index contributed by atoms with van der Waals surface area (Å²) in [7, 11) is 1.47. The number of methoxy groups -OCH3 is 1. The topological polar surface area (TPSA) is 29.5 Å². The third kappa shape index (κ3) is 2.78. The number of esters is 1. The van der Waals surface area contributed by atoms with Gasteiger partial charge in [0.1, 0.15) is 0 Å². The average molecular weight is 233 g/mol. The van der Waals surface area contributed by atoms with Crippen LogP contribution in [0.15, 0.2) is 24.3 Å². The van der Waals surface area contributed by atoms with Gasteiger partial charge in [-0.2, -0.15) is 0 Å². The number of hydrogen-bond donors (Lipinski definition) is 0. The first-order valence-corrected chi connectivity index (χ1v) is 6.10. The Kier molecular flexibility index (Phi) is 3.67. The normalized spacial score (nSPS) is 16.9. The van der Waals surface area contributed by atoms with E-state index in [1.807, 2.05) is 0 Å². The lowest BCUT2D eigenvalue weighted by Crippen LogP contribution is -2.36. The summed E-state index contributed by atoms with van der Waals surface area (Å²) < 4.78 is 4.79. The molecule has 0 spiro atoms. The highest BCUT2D eigenvalue weighted by Crippen LogP contribution is 2.24. The zero-order valence-corrected chi connectivity index (χ0v) is 10.5. The Morgan fingerprint density at radius 3 is 2.35 bits per heavy atom. The number of benzene rings is 1. The molecule has 1 heterocycles. The van der Waals surface area contributed by atoms with Crippen molar-refractivity contribution in [1.82, 2.24) is 0 Å². The number of anilines is 1. The van der Waals surface area contributed by atoms with Gasteiger partial charge in [-0.1, -0.05) is 17.7 Å². The van der Waals surface area contributed by atoms with Crippen molar-refractivity contribution in [2.24, 2.45) is 5.92 Å². The van der Waals surface area contributed by atoms with E-state index in [2.05, 4.69) is 36.1 Å². The number of aryl methyl sites for hydroxylation is 1. The standard InChI is InChI=1S/C14H19NO2/c1-11-3-5-13(6-4-11)15-9-7-12(8-10-15)14(16)17-2/h3-6,12H,7-10H2,1-2H3. The van der Waals surface area contributed by atoms with Crippen LogP contribution in [0.5, 0.6) is 0 Å². The number of rotatable bonds is 2. The SMILES string of the molecule is COC(=O)C1CCN(c2ccc(C)cc2)CC1. The number of piperidine rings is 1. The van der Waals surface area contributed by atoms with Crippen molar-refractivity contribution in [2.75, 3.05) is 25.1 Å². The van der Waals surface area contributed by atoms with Gasteiger partial charge >= 0.3 is 5.97 Å². The minimum atomic E-state index is -0.0615. The molecule has 0 N–H and O–H groups in total. The van der Waals surface area contributed by atoms with Crippen molar-refractivity contribution in [3.05, 3.63) is 29.8 Å². The molecule has 1 fully saturated rings. The molecule has 92 valence electrons. The Balaban J connectivity index is 1.95. The van der Waals surface area contributed by atoms with Gasteiger partial charge in [0.05, 0.1) is 13.0 Å². The van der Waals surface area contributed by atoms with Crippen molar-refractivity contribution in [1.29, 1.82) is 0 Å². The summed E-state index contributed by atoms with van der Waals surface area (Å²) >= 11 is 0. The smallest absolute Gasteiger partial charge is 0.308 e. The van der Waals surface area contributed by atoms with Crippen molar-refractivity contribution < 1.29 is 9.53 Å². The molecule has 0 amide bonds. The second-order valence-corrected chi connectivity index (χ2v) is 4.62. The number of ether oxygens (including phenoxy) is 1. The van der Waals surface area contributed by atoms with Crippen LogP contribution >= 0.6 is 0 Å². The van der Waals surface area contributed by atoms with Crippen molar-refractivity contribution in [3.63, 3.8) is 0 Å². The van der Waals surface area contributed by atoms with E-state index in [1.54, 1.807) is 0 Å². The van der Waals surface area contributed by atoms with E-state index in [-0.39, 0.29) is 11.9 Å². The Morgan fingerprint density at radius 2 is 1.82 bits per heavy atom. The number of nitrogens with zero attached hydrogens (tertiary/aromatic N) is 1. The molecule has 3 heteroatoms. The Hall–Kier alpha value is -1.51. The van der Waals surface area contributed by atoms with E-state index >= 15 is 0 Å². The summed E-state index contributed by atoms with van der Waals surface area (Å²) in [6.07, 6.45) is 1.78. The van der Waals surface area contributed by atoms with Gasteiger partial charge in [-0.05, 0) is 31.9 Å². The average Bonchev–Trinajstić information content (AvgIpc) is 2.39. The van der Waals surface area contributed by atoms with Crippen molar-refractivity contribution in [2.45, 2.75) is 19.8 Å². The lowest BCUT2D eigenvalue weighted by Gasteiger charge is -2.32. The maximum atomic E-state index is 11.4. The molecule has 3 nitrogen and oxygen atoms in total. The highest BCUT2D eigenvalue weighted by molar-refractivity contribution is 5.72. The van der Waals surface area contributed by atoms with Crippen LogP contribution in [-0.2, 0) is 9.53 Å². The van der Waals surface area contributed by atoms with Crippen LogP contribution in [0.4, 0.5) is 5.69 Å². The third-order valence-electron chi connectivity index (χ3n) is 3.43. The molecule has 0 saturated carbocycles. The van der Waals surface area contributed by atoms with E-state index in [1.165, 1.54) is 18.4 Å².